The third kappa shape index (κ3) is 2.65. The van der Waals surface area contributed by atoms with Crippen LogP contribution in [0.15, 0.2) is 36.4 Å². The van der Waals surface area contributed by atoms with E-state index in [0.29, 0.717) is 6.61 Å². The van der Waals surface area contributed by atoms with Gasteiger partial charge in [-0.05, 0) is 49.1 Å². The molecule has 0 aromatic heterocycles. The standard InChI is InChI=1S/C16H19NO/c1-11-5-4-6-12(2)15(11)10-18-16-9-14(17)8-7-13(16)3/h4-9H,10,17H2,1-3H3. The van der Waals surface area contributed by atoms with Crippen LogP contribution >= 0.6 is 0 Å². The van der Waals surface area contributed by atoms with Gasteiger partial charge < -0.3 is 10.5 Å². The first kappa shape index (κ1) is 12.5. The molecule has 0 aliphatic rings. The van der Waals surface area contributed by atoms with Gasteiger partial charge in [0, 0.05) is 11.8 Å². The quantitative estimate of drug-likeness (QED) is 0.830. The van der Waals surface area contributed by atoms with Crippen molar-refractivity contribution in [2.45, 2.75) is 27.4 Å². The van der Waals surface area contributed by atoms with Crippen molar-refractivity contribution in [3.63, 3.8) is 0 Å². The highest BCUT2D eigenvalue weighted by molar-refractivity contribution is 5.48. The van der Waals surface area contributed by atoms with Gasteiger partial charge in [-0.1, -0.05) is 24.3 Å². The van der Waals surface area contributed by atoms with Crippen molar-refractivity contribution in [1.82, 2.24) is 0 Å². The van der Waals surface area contributed by atoms with Crippen molar-refractivity contribution in [2.24, 2.45) is 0 Å². The van der Waals surface area contributed by atoms with Gasteiger partial charge in [0.15, 0.2) is 0 Å². The Hall–Kier alpha value is -1.96. The minimum absolute atomic E-state index is 0.586. The first-order valence-electron chi connectivity index (χ1n) is 6.12. The predicted molar refractivity (Wildman–Crippen MR) is 75.8 cm³/mol. The summed E-state index contributed by atoms with van der Waals surface area (Å²) in [6.07, 6.45) is 0. The fraction of sp³-hybridized carbons (Fsp3) is 0.250. The van der Waals surface area contributed by atoms with Gasteiger partial charge in [-0.3, -0.25) is 0 Å². The Bertz CT molecular complexity index is 541. The van der Waals surface area contributed by atoms with Crippen LogP contribution in [0.4, 0.5) is 5.69 Å². The summed E-state index contributed by atoms with van der Waals surface area (Å²) < 4.78 is 5.89. The van der Waals surface area contributed by atoms with E-state index in [1.165, 1.54) is 16.7 Å². The van der Waals surface area contributed by atoms with Gasteiger partial charge in [-0.15, -0.1) is 0 Å². The molecule has 0 saturated carbocycles. The Morgan fingerprint density at radius 2 is 1.61 bits per heavy atom. The Morgan fingerprint density at radius 3 is 2.28 bits per heavy atom. The second-order valence-electron chi connectivity index (χ2n) is 4.68. The molecule has 0 unspecified atom stereocenters. The molecule has 0 amide bonds. The number of aryl methyl sites for hydroxylation is 3. The van der Waals surface area contributed by atoms with E-state index in [2.05, 4.69) is 32.0 Å². The highest BCUT2D eigenvalue weighted by Crippen LogP contribution is 2.23. The summed E-state index contributed by atoms with van der Waals surface area (Å²) in [5.74, 6) is 0.859. The minimum atomic E-state index is 0.586. The van der Waals surface area contributed by atoms with Crippen LogP contribution in [-0.4, -0.2) is 0 Å². The predicted octanol–water partition coefficient (Wildman–Crippen LogP) is 3.77. The lowest BCUT2D eigenvalue weighted by Gasteiger charge is -2.13. The number of benzene rings is 2. The number of hydrogen-bond donors (Lipinski definition) is 1. The fourth-order valence-corrected chi connectivity index (χ4v) is 2.00. The number of rotatable bonds is 3. The lowest BCUT2D eigenvalue weighted by atomic mass is 10.0. The van der Waals surface area contributed by atoms with Crippen LogP contribution in [0.5, 0.6) is 5.75 Å². The summed E-state index contributed by atoms with van der Waals surface area (Å²) in [7, 11) is 0. The van der Waals surface area contributed by atoms with E-state index in [4.69, 9.17) is 10.5 Å². The zero-order valence-electron chi connectivity index (χ0n) is 11.2. The van der Waals surface area contributed by atoms with Gasteiger partial charge in [-0.2, -0.15) is 0 Å². The molecular formula is C16H19NO. The highest BCUT2D eigenvalue weighted by atomic mass is 16.5. The van der Waals surface area contributed by atoms with Crippen molar-refractivity contribution in [1.29, 1.82) is 0 Å². The maximum absolute atomic E-state index is 5.89. The van der Waals surface area contributed by atoms with E-state index in [1.807, 2.05) is 25.1 Å². The monoisotopic (exact) mass is 241 g/mol. The van der Waals surface area contributed by atoms with Gasteiger partial charge >= 0.3 is 0 Å². The Morgan fingerprint density at radius 1 is 0.944 bits per heavy atom. The van der Waals surface area contributed by atoms with Crippen molar-refractivity contribution in [3.8, 4) is 5.75 Å². The summed E-state index contributed by atoms with van der Waals surface area (Å²) in [5.41, 5.74) is 11.4. The average molecular weight is 241 g/mol. The molecule has 18 heavy (non-hydrogen) atoms. The minimum Gasteiger partial charge on any atom is -0.489 e. The molecule has 0 fully saturated rings. The molecule has 2 rings (SSSR count). The molecule has 2 heteroatoms. The summed E-state index contributed by atoms with van der Waals surface area (Å²) in [4.78, 5) is 0. The van der Waals surface area contributed by atoms with Crippen LogP contribution < -0.4 is 10.5 Å². The topological polar surface area (TPSA) is 35.2 Å². The van der Waals surface area contributed by atoms with Gasteiger partial charge in [0.05, 0.1) is 0 Å². The van der Waals surface area contributed by atoms with E-state index in [-0.39, 0.29) is 0 Å². The van der Waals surface area contributed by atoms with Gasteiger partial charge in [0.2, 0.25) is 0 Å². The Labute approximate surface area is 108 Å². The lowest BCUT2D eigenvalue weighted by Crippen LogP contribution is -2.02. The normalized spacial score (nSPS) is 10.4. The van der Waals surface area contributed by atoms with Crippen LogP contribution in [-0.2, 0) is 6.61 Å². The molecular weight excluding hydrogens is 222 g/mol. The largest absolute Gasteiger partial charge is 0.489 e. The molecule has 0 bridgehead atoms. The van der Waals surface area contributed by atoms with E-state index in [1.54, 1.807) is 0 Å². The van der Waals surface area contributed by atoms with E-state index >= 15 is 0 Å². The Balaban J connectivity index is 2.19. The first-order valence-corrected chi connectivity index (χ1v) is 6.12. The SMILES string of the molecule is Cc1ccc(N)cc1OCc1c(C)cccc1C. The molecule has 2 aromatic carbocycles. The van der Waals surface area contributed by atoms with Gasteiger partial charge in [0.25, 0.3) is 0 Å². The number of anilines is 1. The summed E-state index contributed by atoms with van der Waals surface area (Å²) >= 11 is 0. The van der Waals surface area contributed by atoms with Crippen molar-refractivity contribution >= 4 is 5.69 Å². The third-order valence-corrected chi connectivity index (χ3v) is 3.23. The molecule has 2 N–H and O–H groups in total. The number of nitrogen functional groups attached to an aromatic ring is 1. The van der Waals surface area contributed by atoms with Crippen LogP contribution in [0.3, 0.4) is 0 Å². The molecule has 0 heterocycles. The van der Waals surface area contributed by atoms with E-state index in [0.717, 1.165) is 17.0 Å². The zero-order chi connectivity index (χ0) is 13.1. The van der Waals surface area contributed by atoms with Gasteiger partial charge in [-0.25, -0.2) is 0 Å². The molecule has 0 saturated heterocycles. The van der Waals surface area contributed by atoms with Gasteiger partial charge in [0.1, 0.15) is 12.4 Å². The Kier molecular flexibility index (Phi) is 3.56. The van der Waals surface area contributed by atoms with E-state index in [9.17, 15) is 0 Å². The number of ether oxygens (including phenoxy) is 1. The summed E-state index contributed by atoms with van der Waals surface area (Å²) in [6, 6.07) is 12.0. The first-order chi connectivity index (χ1) is 8.58. The molecule has 2 aromatic rings. The second kappa shape index (κ2) is 5.13. The summed E-state index contributed by atoms with van der Waals surface area (Å²) in [5, 5.41) is 0. The smallest absolute Gasteiger partial charge is 0.124 e. The summed E-state index contributed by atoms with van der Waals surface area (Å²) in [6.45, 7) is 6.83. The third-order valence-electron chi connectivity index (χ3n) is 3.23. The number of nitrogens with two attached hydrogens (primary N) is 1. The lowest BCUT2D eigenvalue weighted by molar-refractivity contribution is 0.302. The molecule has 0 spiro atoms. The van der Waals surface area contributed by atoms with Crippen molar-refractivity contribution < 1.29 is 4.74 Å². The average Bonchev–Trinajstić information content (AvgIpc) is 2.33. The highest BCUT2D eigenvalue weighted by Gasteiger charge is 2.05. The maximum Gasteiger partial charge on any atom is 0.124 e. The molecule has 0 aliphatic carbocycles. The van der Waals surface area contributed by atoms with Crippen molar-refractivity contribution in [2.75, 3.05) is 5.73 Å². The van der Waals surface area contributed by atoms with Crippen LogP contribution in [0.2, 0.25) is 0 Å². The van der Waals surface area contributed by atoms with E-state index < -0.39 is 0 Å². The molecule has 94 valence electrons. The number of hydrogen-bond acceptors (Lipinski definition) is 2. The molecule has 2 nitrogen and oxygen atoms in total. The van der Waals surface area contributed by atoms with Crippen LogP contribution in [0, 0.1) is 20.8 Å². The fourth-order valence-electron chi connectivity index (χ4n) is 2.00. The maximum atomic E-state index is 5.89. The molecule has 0 radical (unpaired) electrons. The van der Waals surface area contributed by atoms with Crippen LogP contribution in [0.1, 0.15) is 22.3 Å². The molecule has 0 aliphatic heterocycles. The zero-order valence-corrected chi connectivity index (χ0v) is 11.2. The van der Waals surface area contributed by atoms with Crippen LogP contribution in [0.25, 0.3) is 0 Å². The second-order valence-corrected chi connectivity index (χ2v) is 4.68. The molecule has 0 atom stereocenters. The van der Waals surface area contributed by atoms with Crippen molar-refractivity contribution in [3.05, 3.63) is 58.7 Å².